The van der Waals surface area contributed by atoms with E-state index < -0.39 is 0 Å². The van der Waals surface area contributed by atoms with Crippen molar-refractivity contribution >= 4 is 0 Å². The van der Waals surface area contributed by atoms with Gasteiger partial charge in [0.2, 0.25) is 0 Å². The fraction of sp³-hybridized carbons (Fsp3) is 1.00. The average molecular weight is 211 g/mol. The van der Waals surface area contributed by atoms with Crippen LogP contribution in [0.3, 0.4) is 0 Å². The average Bonchev–Trinajstić information content (AvgIpc) is 2.43. The standard InChI is InChI=1S/C14H29N/c1-12(2)10-11-13(3)15-14-8-6-4-5-7-9-14/h12-15H,4-11H2,1-3H3. The minimum absolute atomic E-state index is 0.718. The van der Waals surface area contributed by atoms with Crippen LogP contribution in [-0.2, 0) is 0 Å². The van der Waals surface area contributed by atoms with Gasteiger partial charge < -0.3 is 5.32 Å². The first-order valence-corrected chi connectivity index (χ1v) is 6.94. The van der Waals surface area contributed by atoms with E-state index in [0.29, 0.717) is 0 Å². The van der Waals surface area contributed by atoms with Gasteiger partial charge in [-0.15, -0.1) is 0 Å². The quantitative estimate of drug-likeness (QED) is 0.674. The van der Waals surface area contributed by atoms with E-state index in [9.17, 15) is 0 Å². The van der Waals surface area contributed by atoms with Crippen molar-refractivity contribution in [1.82, 2.24) is 5.32 Å². The molecular formula is C14H29N. The summed E-state index contributed by atoms with van der Waals surface area (Å²) in [6.45, 7) is 6.99. The molecule has 1 unspecified atom stereocenters. The third kappa shape index (κ3) is 6.19. The van der Waals surface area contributed by atoms with Crippen LogP contribution in [0.2, 0.25) is 0 Å². The summed E-state index contributed by atoms with van der Waals surface area (Å²) in [5.41, 5.74) is 0. The van der Waals surface area contributed by atoms with Gasteiger partial charge >= 0.3 is 0 Å². The molecule has 1 aliphatic rings. The molecule has 1 fully saturated rings. The molecule has 0 amide bonds. The van der Waals surface area contributed by atoms with Crippen LogP contribution in [0.25, 0.3) is 0 Å². The summed E-state index contributed by atoms with van der Waals surface area (Å²) in [5, 5.41) is 3.81. The Hall–Kier alpha value is -0.0400. The first-order valence-electron chi connectivity index (χ1n) is 6.94. The second-order valence-electron chi connectivity index (χ2n) is 5.73. The number of nitrogens with one attached hydrogen (secondary N) is 1. The maximum atomic E-state index is 3.81. The van der Waals surface area contributed by atoms with E-state index in [1.165, 1.54) is 51.4 Å². The van der Waals surface area contributed by atoms with E-state index in [-0.39, 0.29) is 0 Å². The molecule has 1 rings (SSSR count). The molecule has 90 valence electrons. The van der Waals surface area contributed by atoms with E-state index in [0.717, 1.165) is 18.0 Å². The highest BCUT2D eigenvalue weighted by molar-refractivity contribution is 4.74. The number of hydrogen-bond donors (Lipinski definition) is 1. The maximum Gasteiger partial charge on any atom is 0.00695 e. The zero-order valence-corrected chi connectivity index (χ0v) is 10.9. The van der Waals surface area contributed by atoms with Crippen molar-refractivity contribution in [3.63, 3.8) is 0 Å². The summed E-state index contributed by atoms with van der Waals surface area (Å²) in [6.07, 6.45) is 11.3. The molecular weight excluding hydrogens is 182 g/mol. The molecule has 1 aliphatic carbocycles. The van der Waals surface area contributed by atoms with Crippen LogP contribution in [0.4, 0.5) is 0 Å². The van der Waals surface area contributed by atoms with Crippen molar-refractivity contribution in [2.45, 2.75) is 84.2 Å². The predicted octanol–water partition coefficient (Wildman–Crippen LogP) is 4.12. The van der Waals surface area contributed by atoms with Gasteiger partial charge in [0.05, 0.1) is 0 Å². The first-order chi connectivity index (χ1) is 7.18. The van der Waals surface area contributed by atoms with Gasteiger partial charge in [-0.2, -0.15) is 0 Å². The zero-order chi connectivity index (χ0) is 11.1. The summed E-state index contributed by atoms with van der Waals surface area (Å²) in [6, 6.07) is 1.53. The topological polar surface area (TPSA) is 12.0 Å². The molecule has 1 heteroatoms. The van der Waals surface area contributed by atoms with Crippen LogP contribution in [-0.4, -0.2) is 12.1 Å². The molecule has 0 aromatic heterocycles. The van der Waals surface area contributed by atoms with Crippen LogP contribution in [0.1, 0.15) is 72.1 Å². The number of hydrogen-bond acceptors (Lipinski definition) is 1. The Morgan fingerprint density at radius 3 is 2.07 bits per heavy atom. The first kappa shape index (κ1) is 13.0. The minimum Gasteiger partial charge on any atom is -0.312 e. The Bertz CT molecular complexity index is 145. The summed E-state index contributed by atoms with van der Waals surface area (Å²) in [7, 11) is 0. The van der Waals surface area contributed by atoms with Gasteiger partial charge in [-0.25, -0.2) is 0 Å². The highest BCUT2D eigenvalue weighted by atomic mass is 14.9. The summed E-state index contributed by atoms with van der Waals surface area (Å²) in [5.74, 6) is 0.850. The van der Waals surface area contributed by atoms with E-state index in [4.69, 9.17) is 0 Å². The Kier molecular flexibility index (Phi) is 6.31. The largest absolute Gasteiger partial charge is 0.312 e. The zero-order valence-electron chi connectivity index (χ0n) is 10.9. The van der Waals surface area contributed by atoms with E-state index in [2.05, 4.69) is 26.1 Å². The molecule has 0 aromatic rings. The van der Waals surface area contributed by atoms with Gasteiger partial charge in [-0.3, -0.25) is 0 Å². The molecule has 15 heavy (non-hydrogen) atoms. The monoisotopic (exact) mass is 211 g/mol. The summed E-state index contributed by atoms with van der Waals surface area (Å²) < 4.78 is 0. The fourth-order valence-electron chi connectivity index (χ4n) is 2.52. The molecule has 0 heterocycles. The summed E-state index contributed by atoms with van der Waals surface area (Å²) in [4.78, 5) is 0. The second kappa shape index (κ2) is 7.27. The fourth-order valence-corrected chi connectivity index (χ4v) is 2.52. The lowest BCUT2D eigenvalue weighted by molar-refractivity contribution is 0.374. The molecule has 1 saturated carbocycles. The van der Waals surface area contributed by atoms with Crippen molar-refractivity contribution in [2.75, 3.05) is 0 Å². The molecule has 1 atom stereocenters. The Morgan fingerprint density at radius 2 is 1.53 bits per heavy atom. The lowest BCUT2D eigenvalue weighted by Crippen LogP contribution is -2.36. The molecule has 0 spiro atoms. The normalized spacial score (nSPS) is 21.6. The maximum absolute atomic E-state index is 3.81. The van der Waals surface area contributed by atoms with Gasteiger partial charge in [0.15, 0.2) is 0 Å². The predicted molar refractivity (Wildman–Crippen MR) is 68.2 cm³/mol. The van der Waals surface area contributed by atoms with Gasteiger partial charge in [0, 0.05) is 12.1 Å². The smallest absolute Gasteiger partial charge is 0.00695 e. The van der Waals surface area contributed by atoms with Gasteiger partial charge in [-0.05, 0) is 38.5 Å². The minimum atomic E-state index is 0.718. The lowest BCUT2D eigenvalue weighted by Gasteiger charge is -2.22. The van der Waals surface area contributed by atoms with Crippen LogP contribution < -0.4 is 5.32 Å². The highest BCUT2D eigenvalue weighted by Gasteiger charge is 2.14. The lowest BCUT2D eigenvalue weighted by atomic mass is 10.0. The van der Waals surface area contributed by atoms with E-state index >= 15 is 0 Å². The van der Waals surface area contributed by atoms with Crippen molar-refractivity contribution in [2.24, 2.45) is 5.92 Å². The second-order valence-corrected chi connectivity index (χ2v) is 5.73. The van der Waals surface area contributed by atoms with Crippen molar-refractivity contribution in [1.29, 1.82) is 0 Å². The van der Waals surface area contributed by atoms with Crippen molar-refractivity contribution in [3.05, 3.63) is 0 Å². The molecule has 0 bridgehead atoms. The molecule has 1 nitrogen and oxygen atoms in total. The highest BCUT2D eigenvalue weighted by Crippen LogP contribution is 2.18. The number of rotatable bonds is 5. The van der Waals surface area contributed by atoms with E-state index in [1.807, 2.05) is 0 Å². The van der Waals surface area contributed by atoms with Crippen molar-refractivity contribution < 1.29 is 0 Å². The summed E-state index contributed by atoms with van der Waals surface area (Å²) >= 11 is 0. The van der Waals surface area contributed by atoms with Crippen LogP contribution in [0.5, 0.6) is 0 Å². The van der Waals surface area contributed by atoms with Gasteiger partial charge in [0.1, 0.15) is 0 Å². The van der Waals surface area contributed by atoms with Crippen molar-refractivity contribution in [3.8, 4) is 0 Å². The molecule has 1 N–H and O–H groups in total. The van der Waals surface area contributed by atoms with Crippen LogP contribution >= 0.6 is 0 Å². The SMILES string of the molecule is CC(C)CCC(C)NC1CCCCCC1. The Balaban J connectivity index is 2.14. The van der Waals surface area contributed by atoms with Gasteiger partial charge in [0.25, 0.3) is 0 Å². The van der Waals surface area contributed by atoms with Crippen LogP contribution in [0.15, 0.2) is 0 Å². The molecule has 0 aliphatic heterocycles. The van der Waals surface area contributed by atoms with Gasteiger partial charge in [-0.1, -0.05) is 39.5 Å². The molecule has 0 saturated heterocycles. The van der Waals surface area contributed by atoms with E-state index in [1.54, 1.807) is 0 Å². The third-order valence-corrected chi connectivity index (χ3v) is 3.55. The third-order valence-electron chi connectivity index (χ3n) is 3.55. The van der Waals surface area contributed by atoms with Crippen LogP contribution in [0, 0.1) is 5.92 Å². The Labute approximate surface area is 96.0 Å². The molecule has 0 aromatic carbocycles. The Morgan fingerprint density at radius 1 is 0.933 bits per heavy atom. The molecule has 0 radical (unpaired) electrons.